The van der Waals surface area contributed by atoms with Crippen LogP contribution in [0.5, 0.6) is 0 Å². The Morgan fingerprint density at radius 3 is 2.53 bits per heavy atom. The molecule has 1 amide bonds. The van der Waals surface area contributed by atoms with Gasteiger partial charge in [0.25, 0.3) is 0 Å². The second kappa shape index (κ2) is 6.44. The molecule has 0 heterocycles. The summed E-state index contributed by atoms with van der Waals surface area (Å²) in [5.41, 5.74) is 5.05. The van der Waals surface area contributed by atoms with Gasteiger partial charge in [0.2, 0.25) is 5.91 Å². The van der Waals surface area contributed by atoms with E-state index in [1.54, 1.807) is 0 Å². The van der Waals surface area contributed by atoms with E-state index in [1.165, 1.54) is 0 Å². The highest BCUT2D eigenvalue weighted by molar-refractivity contribution is 7.84. The molecule has 17 heavy (non-hydrogen) atoms. The fourth-order valence-electron chi connectivity index (χ4n) is 2.16. The summed E-state index contributed by atoms with van der Waals surface area (Å²) in [7, 11) is -0.848. The van der Waals surface area contributed by atoms with Gasteiger partial charge in [-0.3, -0.25) is 9.00 Å². The van der Waals surface area contributed by atoms with Crippen LogP contribution in [0.1, 0.15) is 32.6 Å². The number of hydrogen-bond donors (Lipinski definition) is 2. The lowest BCUT2D eigenvalue weighted by atomic mass is 9.85. The van der Waals surface area contributed by atoms with Crippen LogP contribution in [0.15, 0.2) is 0 Å². The third-order valence-corrected chi connectivity index (χ3v) is 4.99. The first-order valence-corrected chi connectivity index (χ1v) is 7.85. The monoisotopic (exact) mass is 276 g/mol. The molecule has 1 fully saturated rings. The third-order valence-electron chi connectivity index (χ3n) is 3.30. The molecule has 0 aromatic heterocycles. The molecule has 4 nitrogen and oxygen atoms in total. The molecule has 0 aliphatic heterocycles. The van der Waals surface area contributed by atoms with E-state index >= 15 is 0 Å². The number of nitrogens with two attached hydrogens (primary N) is 1. The van der Waals surface area contributed by atoms with Crippen molar-refractivity contribution in [3.8, 4) is 0 Å². The molecule has 0 aromatic carbocycles. The van der Waals surface area contributed by atoms with Crippen LogP contribution in [0.2, 0.25) is 0 Å². The molecule has 1 atom stereocenters. The molecule has 6 heteroatoms. The van der Waals surface area contributed by atoms with Crippen molar-refractivity contribution < 1.29 is 9.00 Å². The Morgan fingerprint density at radius 2 is 2.06 bits per heavy atom. The minimum Gasteiger partial charge on any atom is -0.392 e. The van der Waals surface area contributed by atoms with Crippen molar-refractivity contribution in [3.63, 3.8) is 0 Å². The van der Waals surface area contributed by atoms with E-state index in [0.717, 1.165) is 25.7 Å². The van der Waals surface area contributed by atoms with E-state index in [-0.39, 0.29) is 5.91 Å². The number of rotatable bonds is 6. The van der Waals surface area contributed by atoms with Crippen LogP contribution in [0, 0.1) is 5.41 Å². The molecule has 1 rings (SSSR count). The van der Waals surface area contributed by atoms with Crippen LogP contribution in [0.3, 0.4) is 0 Å². The summed E-state index contributed by atoms with van der Waals surface area (Å²) in [5, 5.41) is 2.81. The average molecular weight is 276 g/mol. The molecular formula is C11H20N2O2S2. The van der Waals surface area contributed by atoms with Gasteiger partial charge in [-0.2, -0.15) is 0 Å². The second-order valence-corrected chi connectivity index (χ2v) is 6.65. The van der Waals surface area contributed by atoms with Crippen molar-refractivity contribution in [2.45, 2.75) is 32.6 Å². The summed E-state index contributed by atoms with van der Waals surface area (Å²) in [6.45, 7) is 2.30. The normalized spacial score (nSPS) is 19.8. The van der Waals surface area contributed by atoms with Gasteiger partial charge in [0.1, 0.15) is 0 Å². The fourth-order valence-corrected chi connectivity index (χ4v) is 3.07. The van der Waals surface area contributed by atoms with Gasteiger partial charge in [-0.1, -0.05) is 32.0 Å². The number of carbonyl (C=O) groups is 1. The zero-order chi connectivity index (χ0) is 12.9. The Kier molecular flexibility index (Phi) is 5.52. The maximum atomic E-state index is 12.1. The lowest BCUT2D eigenvalue weighted by molar-refractivity contribution is -0.127. The molecule has 0 bridgehead atoms. The summed E-state index contributed by atoms with van der Waals surface area (Å²) < 4.78 is 11.2. The molecule has 0 aromatic rings. The molecule has 1 aliphatic rings. The van der Waals surface area contributed by atoms with Gasteiger partial charge in [-0.05, 0) is 12.8 Å². The van der Waals surface area contributed by atoms with Gasteiger partial charge >= 0.3 is 0 Å². The molecule has 3 N–H and O–H groups in total. The Labute approximate surface area is 110 Å². The van der Waals surface area contributed by atoms with E-state index in [2.05, 4.69) is 5.32 Å². The van der Waals surface area contributed by atoms with E-state index in [0.29, 0.717) is 23.0 Å². The van der Waals surface area contributed by atoms with Gasteiger partial charge in [-0.25, -0.2) is 0 Å². The van der Waals surface area contributed by atoms with Gasteiger partial charge in [0, 0.05) is 28.9 Å². The molecule has 1 saturated carbocycles. The SMILES string of the molecule is CCS(=O)CCNC(=O)C1(C(N)=S)CCCC1. The minimum atomic E-state index is -0.848. The lowest BCUT2D eigenvalue weighted by Crippen LogP contribution is -2.48. The number of carbonyl (C=O) groups excluding carboxylic acids is 1. The van der Waals surface area contributed by atoms with Crippen molar-refractivity contribution in [2.75, 3.05) is 18.1 Å². The molecule has 0 spiro atoms. The van der Waals surface area contributed by atoms with Crippen LogP contribution >= 0.6 is 12.2 Å². The molecule has 0 saturated heterocycles. The maximum Gasteiger partial charge on any atom is 0.233 e. The molecular weight excluding hydrogens is 256 g/mol. The first-order valence-electron chi connectivity index (χ1n) is 5.96. The number of nitrogens with one attached hydrogen (secondary N) is 1. The minimum absolute atomic E-state index is 0.0874. The summed E-state index contributed by atoms with van der Waals surface area (Å²) in [5.74, 6) is 1.03. The van der Waals surface area contributed by atoms with E-state index in [4.69, 9.17) is 18.0 Å². The van der Waals surface area contributed by atoms with Crippen molar-refractivity contribution in [3.05, 3.63) is 0 Å². The maximum absolute atomic E-state index is 12.1. The van der Waals surface area contributed by atoms with Crippen LogP contribution in [-0.4, -0.2) is 33.2 Å². The van der Waals surface area contributed by atoms with E-state index in [9.17, 15) is 9.00 Å². The third kappa shape index (κ3) is 3.48. The molecule has 1 aliphatic carbocycles. The summed E-state index contributed by atoms with van der Waals surface area (Å²) in [6.07, 6.45) is 3.47. The van der Waals surface area contributed by atoms with Crippen LogP contribution in [-0.2, 0) is 15.6 Å². The lowest BCUT2D eigenvalue weighted by Gasteiger charge is -2.26. The highest BCUT2D eigenvalue weighted by Crippen LogP contribution is 2.38. The molecule has 98 valence electrons. The Hall–Kier alpha value is -0.490. The van der Waals surface area contributed by atoms with Gasteiger partial charge in [0.15, 0.2) is 0 Å². The Morgan fingerprint density at radius 1 is 1.47 bits per heavy atom. The quantitative estimate of drug-likeness (QED) is 0.701. The first-order chi connectivity index (χ1) is 8.03. The Balaban J connectivity index is 2.50. The van der Waals surface area contributed by atoms with Crippen molar-refractivity contribution in [1.29, 1.82) is 0 Å². The van der Waals surface area contributed by atoms with Crippen molar-refractivity contribution >= 4 is 33.9 Å². The zero-order valence-electron chi connectivity index (χ0n) is 10.2. The van der Waals surface area contributed by atoms with Crippen molar-refractivity contribution in [1.82, 2.24) is 5.32 Å². The van der Waals surface area contributed by atoms with Crippen molar-refractivity contribution in [2.24, 2.45) is 11.1 Å². The highest BCUT2D eigenvalue weighted by atomic mass is 32.2. The standard InChI is InChI=1S/C11H20N2O2S2/c1-2-17(15)8-7-13-10(14)11(9(12)16)5-3-4-6-11/h2-8H2,1H3,(H2,12,16)(H,13,14). The van der Waals surface area contributed by atoms with Crippen LogP contribution < -0.4 is 11.1 Å². The summed E-state index contributed by atoms with van der Waals surface area (Å²) >= 11 is 5.03. The van der Waals surface area contributed by atoms with Gasteiger partial charge in [0.05, 0.1) is 10.4 Å². The van der Waals surface area contributed by atoms with Crippen LogP contribution in [0.4, 0.5) is 0 Å². The van der Waals surface area contributed by atoms with Crippen LogP contribution in [0.25, 0.3) is 0 Å². The topological polar surface area (TPSA) is 72.2 Å². The number of hydrogen-bond acceptors (Lipinski definition) is 3. The molecule has 0 radical (unpaired) electrons. The van der Waals surface area contributed by atoms with E-state index in [1.807, 2.05) is 6.92 Å². The number of amides is 1. The number of thiocarbonyl (C=S) groups is 1. The summed E-state index contributed by atoms with van der Waals surface area (Å²) in [4.78, 5) is 12.4. The highest BCUT2D eigenvalue weighted by Gasteiger charge is 2.43. The first kappa shape index (κ1) is 14.6. The second-order valence-electron chi connectivity index (χ2n) is 4.34. The summed E-state index contributed by atoms with van der Waals surface area (Å²) in [6, 6.07) is 0. The molecule has 1 unspecified atom stereocenters. The predicted octanol–water partition coefficient (Wildman–Crippen LogP) is 0.718. The fraction of sp³-hybridized carbons (Fsp3) is 0.818. The zero-order valence-corrected chi connectivity index (χ0v) is 11.8. The average Bonchev–Trinajstić information content (AvgIpc) is 2.78. The van der Waals surface area contributed by atoms with Gasteiger partial charge < -0.3 is 11.1 Å². The smallest absolute Gasteiger partial charge is 0.233 e. The predicted molar refractivity (Wildman–Crippen MR) is 74.2 cm³/mol. The van der Waals surface area contributed by atoms with E-state index < -0.39 is 16.2 Å². The van der Waals surface area contributed by atoms with Gasteiger partial charge in [-0.15, -0.1) is 0 Å². The largest absolute Gasteiger partial charge is 0.392 e. The Bertz CT molecular complexity index is 325.